The summed E-state index contributed by atoms with van der Waals surface area (Å²) in [6, 6.07) is 10.5. The number of hydrogen-bond acceptors (Lipinski definition) is 5. The number of nitrogens with zero attached hydrogens (tertiary/aromatic N) is 4. The average Bonchev–Trinajstić information content (AvgIpc) is 3.27. The molecule has 24 heavy (non-hydrogen) atoms. The number of nitrogens with one attached hydrogen (secondary N) is 1. The van der Waals surface area contributed by atoms with Crippen LogP contribution < -0.4 is 5.32 Å². The lowest BCUT2D eigenvalue weighted by molar-refractivity contribution is 0.454. The maximum atomic E-state index is 4.74. The van der Waals surface area contributed by atoms with Crippen LogP contribution in [0.15, 0.2) is 41.9 Å². The van der Waals surface area contributed by atoms with Crippen molar-refractivity contribution in [2.45, 2.75) is 31.7 Å². The van der Waals surface area contributed by atoms with Gasteiger partial charge in [-0.3, -0.25) is 0 Å². The Morgan fingerprint density at radius 3 is 3.00 bits per heavy atom. The van der Waals surface area contributed by atoms with Gasteiger partial charge in [0.1, 0.15) is 0 Å². The zero-order valence-corrected chi connectivity index (χ0v) is 14.4. The van der Waals surface area contributed by atoms with Crippen molar-refractivity contribution in [3.8, 4) is 0 Å². The predicted molar refractivity (Wildman–Crippen MR) is 95.3 cm³/mol. The summed E-state index contributed by atoms with van der Waals surface area (Å²) in [7, 11) is 0. The van der Waals surface area contributed by atoms with E-state index in [1.807, 2.05) is 10.7 Å². The number of benzene rings is 1. The summed E-state index contributed by atoms with van der Waals surface area (Å²) in [6.07, 6.45) is 5.38. The maximum Gasteiger partial charge on any atom is 0.0973 e. The summed E-state index contributed by atoms with van der Waals surface area (Å²) in [5.41, 5.74) is 3.46. The molecule has 6 heteroatoms. The molecule has 0 amide bonds. The van der Waals surface area contributed by atoms with Crippen LogP contribution in [0.5, 0.6) is 0 Å². The fraction of sp³-hybridized carbons (Fsp3) is 0.389. The Balaban J connectivity index is 1.40. The second-order valence-corrected chi connectivity index (χ2v) is 7.22. The third-order valence-electron chi connectivity index (χ3n) is 4.39. The molecular weight excluding hydrogens is 318 g/mol. The molecule has 0 bridgehead atoms. The summed E-state index contributed by atoms with van der Waals surface area (Å²) in [5.74, 6) is 0.497. The fourth-order valence-corrected chi connectivity index (χ4v) is 3.94. The molecule has 0 aliphatic carbocycles. The maximum absolute atomic E-state index is 4.74. The minimum absolute atomic E-state index is 0.497. The van der Waals surface area contributed by atoms with E-state index in [0.29, 0.717) is 12.5 Å². The van der Waals surface area contributed by atoms with Gasteiger partial charge in [-0.1, -0.05) is 35.5 Å². The van der Waals surface area contributed by atoms with Crippen LogP contribution in [-0.2, 0) is 13.0 Å². The van der Waals surface area contributed by atoms with Gasteiger partial charge in [0.25, 0.3) is 0 Å². The van der Waals surface area contributed by atoms with Crippen molar-refractivity contribution >= 4 is 11.3 Å². The van der Waals surface area contributed by atoms with Crippen LogP contribution in [-0.4, -0.2) is 33.1 Å². The summed E-state index contributed by atoms with van der Waals surface area (Å²) in [5, 5.41) is 15.3. The first-order valence-electron chi connectivity index (χ1n) is 8.45. The first-order valence-corrected chi connectivity index (χ1v) is 9.33. The van der Waals surface area contributed by atoms with E-state index in [1.165, 1.54) is 18.4 Å². The molecule has 1 aromatic carbocycles. The normalized spacial score (nSPS) is 17.9. The zero-order valence-electron chi connectivity index (χ0n) is 13.6. The Morgan fingerprint density at radius 1 is 1.25 bits per heavy atom. The molecule has 4 rings (SSSR count). The van der Waals surface area contributed by atoms with Crippen LogP contribution in [0, 0.1) is 0 Å². The summed E-state index contributed by atoms with van der Waals surface area (Å²) in [4.78, 5) is 4.74. The molecule has 1 aliphatic heterocycles. The third-order valence-corrected chi connectivity index (χ3v) is 5.29. The largest absolute Gasteiger partial charge is 0.316 e. The van der Waals surface area contributed by atoms with Gasteiger partial charge in [-0.2, -0.15) is 0 Å². The van der Waals surface area contributed by atoms with Gasteiger partial charge in [0.15, 0.2) is 0 Å². The van der Waals surface area contributed by atoms with Crippen molar-refractivity contribution in [1.29, 1.82) is 0 Å². The highest BCUT2D eigenvalue weighted by molar-refractivity contribution is 7.09. The molecular formula is C18H21N5S. The quantitative estimate of drug-likeness (QED) is 0.777. The first-order chi connectivity index (χ1) is 11.9. The second kappa shape index (κ2) is 7.23. The third kappa shape index (κ3) is 3.71. The van der Waals surface area contributed by atoms with Gasteiger partial charge in [-0.25, -0.2) is 9.67 Å². The standard InChI is InChI=1S/C18H21N5S/c1-2-5-14(6-3-1)9-18-20-16(13-24-18)11-23-12-17(21-22-23)15-7-4-8-19-10-15/h1-3,5-6,12-13,15,19H,4,7-11H2. The van der Waals surface area contributed by atoms with E-state index in [2.05, 4.69) is 51.5 Å². The van der Waals surface area contributed by atoms with Crippen LogP contribution in [0.2, 0.25) is 0 Å². The number of piperidine rings is 1. The van der Waals surface area contributed by atoms with Crippen molar-refractivity contribution < 1.29 is 0 Å². The van der Waals surface area contributed by atoms with Gasteiger partial charge >= 0.3 is 0 Å². The molecule has 0 saturated carbocycles. The Kier molecular flexibility index (Phi) is 4.66. The van der Waals surface area contributed by atoms with Gasteiger partial charge in [-0.15, -0.1) is 16.4 Å². The number of hydrogen-bond donors (Lipinski definition) is 1. The molecule has 1 atom stereocenters. The molecule has 2 aromatic heterocycles. The van der Waals surface area contributed by atoms with Crippen molar-refractivity contribution in [3.63, 3.8) is 0 Å². The van der Waals surface area contributed by atoms with Gasteiger partial charge in [0, 0.05) is 30.5 Å². The Morgan fingerprint density at radius 2 is 2.17 bits per heavy atom. The van der Waals surface area contributed by atoms with Crippen LogP contribution in [0.3, 0.4) is 0 Å². The average molecular weight is 339 g/mol. The Hall–Kier alpha value is -2.05. The van der Waals surface area contributed by atoms with Crippen molar-refractivity contribution in [2.75, 3.05) is 13.1 Å². The van der Waals surface area contributed by atoms with E-state index in [-0.39, 0.29) is 0 Å². The lowest BCUT2D eigenvalue weighted by Crippen LogP contribution is -2.28. The molecule has 1 fully saturated rings. The summed E-state index contributed by atoms with van der Waals surface area (Å²) >= 11 is 1.72. The smallest absolute Gasteiger partial charge is 0.0973 e. The molecule has 124 valence electrons. The highest BCUT2D eigenvalue weighted by Crippen LogP contribution is 2.21. The molecule has 1 saturated heterocycles. The fourth-order valence-electron chi connectivity index (χ4n) is 3.12. The minimum Gasteiger partial charge on any atom is -0.316 e. The predicted octanol–water partition coefficient (Wildman–Crippen LogP) is 2.84. The van der Waals surface area contributed by atoms with Crippen molar-refractivity contribution in [1.82, 2.24) is 25.3 Å². The number of aromatic nitrogens is 4. The van der Waals surface area contributed by atoms with Gasteiger partial charge < -0.3 is 5.32 Å². The highest BCUT2D eigenvalue weighted by atomic mass is 32.1. The number of thiazole rings is 1. The highest BCUT2D eigenvalue weighted by Gasteiger charge is 2.18. The molecule has 0 radical (unpaired) electrons. The van der Waals surface area contributed by atoms with Gasteiger partial charge in [0.05, 0.1) is 22.9 Å². The Bertz CT molecular complexity index is 774. The molecule has 1 N–H and O–H groups in total. The van der Waals surface area contributed by atoms with Crippen LogP contribution >= 0.6 is 11.3 Å². The van der Waals surface area contributed by atoms with E-state index >= 15 is 0 Å². The molecule has 3 heterocycles. The van der Waals surface area contributed by atoms with Crippen molar-refractivity contribution in [3.05, 3.63) is 63.9 Å². The summed E-state index contributed by atoms with van der Waals surface area (Å²) in [6.45, 7) is 2.82. The SMILES string of the molecule is c1ccc(Cc2nc(Cn3cc(C4CCCNC4)nn3)cs2)cc1. The molecule has 0 spiro atoms. The lowest BCUT2D eigenvalue weighted by Gasteiger charge is -2.20. The van der Waals surface area contributed by atoms with Crippen molar-refractivity contribution in [2.24, 2.45) is 0 Å². The van der Waals surface area contributed by atoms with E-state index in [1.54, 1.807) is 11.3 Å². The molecule has 5 nitrogen and oxygen atoms in total. The van der Waals surface area contributed by atoms with E-state index < -0.39 is 0 Å². The van der Waals surface area contributed by atoms with E-state index in [9.17, 15) is 0 Å². The monoisotopic (exact) mass is 339 g/mol. The van der Waals surface area contributed by atoms with Gasteiger partial charge in [-0.05, 0) is 24.9 Å². The first kappa shape index (κ1) is 15.5. The van der Waals surface area contributed by atoms with E-state index in [0.717, 1.165) is 35.9 Å². The number of rotatable bonds is 5. The molecule has 3 aromatic rings. The lowest BCUT2D eigenvalue weighted by atomic mass is 9.97. The summed E-state index contributed by atoms with van der Waals surface area (Å²) < 4.78 is 1.91. The van der Waals surface area contributed by atoms with Crippen LogP contribution in [0.4, 0.5) is 0 Å². The molecule has 1 unspecified atom stereocenters. The molecule has 1 aliphatic rings. The zero-order chi connectivity index (χ0) is 16.2. The second-order valence-electron chi connectivity index (χ2n) is 6.28. The topological polar surface area (TPSA) is 55.6 Å². The Labute approximate surface area is 145 Å². The van der Waals surface area contributed by atoms with Crippen LogP contribution in [0.1, 0.15) is 40.7 Å². The van der Waals surface area contributed by atoms with Crippen LogP contribution in [0.25, 0.3) is 0 Å². The van der Waals surface area contributed by atoms with Gasteiger partial charge in [0.2, 0.25) is 0 Å². The van der Waals surface area contributed by atoms with E-state index in [4.69, 9.17) is 4.98 Å². The minimum atomic E-state index is 0.497.